The van der Waals surface area contributed by atoms with Crippen molar-refractivity contribution in [1.29, 1.82) is 0 Å². The van der Waals surface area contributed by atoms with Gasteiger partial charge in [0.2, 0.25) is 10.0 Å². The molecule has 0 unspecified atom stereocenters. The largest absolute Gasteiger partial charge is 0.496 e. The van der Waals surface area contributed by atoms with E-state index in [4.69, 9.17) is 4.74 Å². The van der Waals surface area contributed by atoms with Crippen LogP contribution in [0.3, 0.4) is 0 Å². The van der Waals surface area contributed by atoms with E-state index >= 15 is 0 Å². The number of methoxy groups -OCH3 is 1. The lowest BCUT2D eigenvalue weighted by atomic mass is 10.1. The van der Waals surface area contributed by atoms with Crippen molar-refractivity contribution in [3.05, 3.63) is 22.8 Å². The maximum Gasteiger partial charge on any atom is 0.243 e. The van der Waals surface area contributed by atoms with Crippen molar-refractivity contribution in [2.75, 3.05) is 20.2 Å². The van der Waals surface area contributed by atoms with Gasteiger partial charge >= 0.3 is 0 Å². The van der Waals surface area contributed by atoms with E-state index in [1.54, 1.807) is 13.2 Å². The van der Waals surface area contributed by atoms with Crippen LogP contribution in [0.2, 0.25) is 0 Å². The lowest BCUT2D eigenvalue weighted by Gasteiger charge is -2.23. The zero-order valence-corrected chi connectivity index (χ0v) is 13.4. The molecule has 1 aromatic carbocycles. The Kier molecular flexibility index (Phi) is 4.98. The summed E-state index contributed by atoms with van der Waals surface area (Å²) in [6, 6.07) is 1.79. The van der Waals surface area contributed by atoms with Crippen LogP contribution >= 0.6 is 0 Å². The number of ether oxygens (including phenoxy) is 1. The van der Waals surface area contributed by atoms with E-state index in [2.05, 4.69) is 0 Å². The predicted octanol–water partition coefficient (Wildman–Crippen LogP) is 2.65. The number of rotatable bonds is 5. The third-order valence-corrected chi connectivity index (χ3v) is 5.84. The van der Waals surface area contributed by atoms with Gasteiger partial charge in [0.1, 0.15) is 5.75 Å². The normalized spacial score (nSPS) is 11.9. The summed E-state index contributed by atoms with van der Waals surface area (Å²) in [4.78, 5) is 0.412. The van der Waals surface area contributed by atoms with E-state index in [0.29, 0.717) is 18.0 Å². The molecule has 0 aliphatic rings. The number of sulfonamides is 1. The molecule has 0 fully saturated rings. The van der Waals surface area contributed by atoms with Crippen LogP contribution in [0.5, 0.6) is 5.75 Å². The molecule has 4 nitrogen and oxygen atoms in total. The fourth-order valence-electron chi connectivity index (χ4n) is 2.32. The van der Waals surface area contributed by atoms with Crippen LogP contribution in [0, 0.1) is 20.8 Å². The van der Waals surface area contributed by atoms with E-state index < -0.39 is 10.0 Å². The van der Waals surface area contributed by atoms with Gasteiger partial charge in [0.15, 0.2) is 0 Å². The first kappa shape index (κ1) is 16.0. The van der Waals surface area contributed by atoms with Gasteiger partial charge < -0.3 is 4.74 Å². The molecule has 5 heteroatoms. The smallest absolute Gasteiger partial charge is 0.243 e. The quantitative estimate of drug-likeness (QED) is 0.835. The van der Waals surface area contributed by atoms with Gasteiger partial charge in [0.05, 0.1) is 12.0 Å². The van der Waals surface area contributed by atoms with E-state index in [1.165, 1.54) is 4.31 Å². The van der Waals surface area contributed by atoms with Crippen LogP contribution in [0.15, 0.2) is 11.0 Å². The van der Waals surface area contributed by atoms with E-state index in [1.807, 2.05) is 34.6 Å². The van der Waals surface area contributed by atoms with Gasteiger partial charge in [0, 0.05) is 13.1 Å². The second-order valence-electron chi connectivity index (χ2n) is 4.56. The van der Waals surface area contributed by atoms with Crippen LogP contribution < -0.4 is 4.74 Å². The molecular weight excluding hydrogens is 262 g/mol. The predicted molar refractivity (Wildman–Crippen MR) is 77.3 cm³/mol. The van der Waals surface area contributed by atoms with Gasteiger partial charge in [-0.05, 0) is 43.5 Å². The minimum absolute atomic E-state index is 0.412. The van der Waals surface area contributed by atoms with Gasteiger partial charge in [-0.15, -0.1) is 0 Å². The minimum Gasteiger partial charge on any atom is -0.496 e. The maximum absolute atomic E-state index is 12.7. The molecule has 19 heavy (non-hydrogen) atoms. The zero-order valence-electron chi connectivity index (χ0n) is 12.6. The van der Waals surface area contributed by atoms with Crippen molar-refractivity contribution < 1.29 is 13.2 Å². The molecule has 1 aromatic rings. The Morgan fingerprint density at radius 2 is 1.63 bits per heavy atom. The summed E-state index contributed by atoms with van der Waals surface area (Å²) < 4.78 is 32.1. The van der Waals surface area contributed by atoms with Gasteiger partial charge in [-0.25, -0.2) is 8.42 Å². The average Bonchev–Trinajstić information content (AvgIpc) is 2.34. The maximum atomic E-state index is 12.7. The number of benzene rings is 1. The van der Waals surface area contributed by atoms with Crippen molar-refractivity contribution >= 4 is 10.0 Å². The highest BCUT2D eigenvalue weighted by molar-refractivity contribution is 7.89. The first-order valence-corrected chi connectivity index (χ1v) is 7.90. The Morgan fingerprint density at radius 1 is 1.11 bits per heavy atom. The summed E-state index contributed by atoms with van der Waals surface area (Å²) in [6.07, 6.45) is 0. The van der Waals surface area contributed by atoms with Crippen LogP contribution in [-0.2, 0) is 10.0 Å². The molecule has 0 aliphatic carbocycles. The summed E-state index contributed by atoms with van der Waals surface area (Å²) in [5.74, 6) is 0.730. The molecule has 108 valence electrons. The van der Waals surface area contributed by atoms with Crippen LogP contribution in [-0.4, -0.2) is 32.9 Å². The standard InChI is InChI=1S/C14H23NO3S/c1-7-15(8-2)19(16,17)14-10(3)9-13(18-6)11(4)12(14)5/h9H,7-8H2,1-6H3. The SMILES string of the molecule is CCN(CC)S(=O)(=O)c1c(C)cc(OC)c(C)c1C. The Hall–Kier alpha value is -1.07. The first-order chi connectivity index (χ1) is 8.81. The third kappa shape index (κ3) is 2.77. The third-order valence-electron chi connectivity index (χ3n) is 3.50. The Labute approximate surface area is 116 Å². The van der Waals surface area contributed by atoms with Crippen molar-refractivity contribution in [3.63, 3.8) is 0 Å². The second kappa shape index (κ2) is 5.92. The highest BCUT2D eigenvalue weighted by Gasteiger charge is 2.27. The highest BCUT2D eigenvalue weighted by atomic mass is 32.2. The number of nitrogens with zero attached hydrogens (tertiary/aromatic N) is 1. The van der Waals surface area contributed by atoms with Crippen LogP contribution in [0.25, 0.3) is 0 Å². The Morgan fingerprint density at radius 3 is 2.05 bits per heavy atom. The first-order valence-electron chi connectivity index (χ1n) is 6.46. The average molecular weight is 285 g/mol. The molecule has 0 spiro atoms. The minimum atomic E-state index is -3.43. The fourth-order valence-corrected chi connectivity index (χ4v) is 4.27. The highest BCUT2D eigenvalue weighted by Crippen LogP contribution is 2.32. The lowest BCUT2D eigenvalue weighted by molar-refractivity contribution is 0.409. The molecular formula is C14H23NO3S. The number of hydrogen-bond acceptors (Lipinski definition) is 3. The molecule has 0 bridgehead atoms. The van der Waals surface area contributed by atoms with E-state index in [9.17, 15) is 8.42 Å². The van der Waals surface area contributed by atoms with Gasteiger partial charge in [-0.1, -0.05) is 13.8 Å². The van der Waals surface area contributed by atoms with Crippen molar-refractivity contribution in [1.82, 2.24) is 4.31 Å². The summed E-state index contributed by atoms with van der Waals surface area (Å²) in [7, 11) is -1.84. The van der Waals surface area contributed by atoms with E-state index in [0.717, 1.165) is 22.4 Å². The van der Waals surface area contributed by atoms with Gasteiger partial charge in [-0.2, -0.15) is 4.31 Å². The fraction of sp³-hybridized carbons (Fsp3) is 0.571. The number of hydrogen-bond donors (Lipinski definition) is 0. The molecule has 0 aromatic heterocycles. The topological polar surface area (TPSA) is 46.6 Å². The lowest BCUT2D eigenvalue weighted by Crippen LogP contribution is -2.31. The summed E-state index contributed by atoms with van der Waals surface area (Å²) in [6.45, 7) is 10.2. The summed E-state index contributed by atoms with van der Waals surface area (Å²) in [5, 5.41) is 0. The van der Waals surface area contributed by atoms with Crippen LogP contribution in [0.4, 0.5) is 0 Å². The van der Waals surface area contributed by atoms with Crippen LogP contribution in [0.1, 0.15) is 30.5 Å². The Bertz CT molecular complexity index is 561. The molecule has 0 radical (unpaired) electrons. The van der Waals surface area contributed by atoms with Crippen molar-refractivity contribution in [3.8, 4) is 5.75 Å². The molecule has 0 saturated heterocycles. The van der Waals surface area contributed by atoms with Crippen molar-refractivity contribution in [2.24, 2.45) is 0 Å². The van der Waals surface area contributed by atoms with E-state index in [-0.39, 0.29) is 0 Å². The molecule has 0 atom stereocenters. The molecule has 0 N–H and O–H groups in total. The number of aryl methyl sites for hydroxylation is 1. The summed E-state index contributed by atoms with van der Waals surface area (Å²) >= 11 is 0. The Balaban J connectivity index is 3.56. The molecule has 0 saturated carbocycles. The van der Waals surface area contributed by atoms with Crippen molar-refractivity contribution in [2.45, 2.75) is 39.5 Å². The second-order valence-corrected chi connectivity index (χ2v) is 6.44. The summed E-state index contributed by atoms with van der Waals surface area (Å²) in [5.41, 5.74) is 2.37. The zero-order chi connectivity index (χ0) is 14.8. The van der Waals surface area contributed by atoms with Gasteiger partial charge in [0.25, 0.3) is 0 Å². The molecule has 0 aliphatic heterocycles. The molecule has 0 amide bonds. The molecule has 1 rings (SSSR count). The monoisotopic (exact) mass is 285 g/mol. The molecule has 0 heterocycles. The van der Waals surface area contributed by atoms with Gasteiger partial charge in [-0.3, -0.25) is 0 Å².